The monoisotopic (exact) mass is 701 g/mol. The quantitative estimate of drug-likeness (QED) is 0.177. The van der Waals surface area contributed by atoms with Gasteiger partial charge in [-0.05, 0) is 92.2 Å². The highest BCUT2D eigenvalue weighted by atomic mass is 16.5. The van der Waals surface area contributed by atoms with Gasteiger partial charge in [-0.3, -0.25) is 0 Å². The molecule has 0 radical (unpaired) electrons. The highest BCUT2D eigenvalue weighted by Gasteiger charge is 2.52. The van der Waals surface area contributed by atoms with Gasteiger partial charge in [-0.1, -0.05) is 170 Å². The lowest BCUT2D eigenvalue weighted by Gasteiger charge is -2.40. The van der Waals surface area contributed by atoms with E-state index in [4.69, 9.17) is 4.74 Å². The third-order valence-corrected chi connectivity index (χ3v) is 11.5. The van der Waals surface area contributed by atoms with Crippen molar-refractivity contribution in [2.24, 2.45) is 0 Å². The first-order valence-electron chi connectivity index (χ1n) is 18.9. The average Bonchev–Trinajstić information content (AvgIpc) is 3.55. The van der Waals surface area contributed by atoms with Crippen molar-refractivity contribution in [3.05, 3.63) is 235 Å². The number of rotatable bonds is 5. The second-order valence-corrected chi connectivity index (χ2v) is 14.4. The first-order chi connectivity index (χ1) is 27.3. The summed E-state index contributed by atoms with van der Waals surface area (Å²) in [7, 11) is 0. The third-order valence-electron chi connectivity index (χ3n) is 11.5. The minimum absolute atomic E-state index is 0.604. The Balaban J connectivity index is 1.19. The molecule has 0 aromatic heterocycles. The van der Waals surface area contributed by atoms with Crippen LogP contribution in [0.5, 0.6) is 11.5 Å². The molecular weight excluding hydrogens is 667 g/mol. The first-order valence-corrected chi connectivity index (χ1v) is 18.9. The Kier molecular flexibility index (Phi) is 7.11. The molecule has 1 unspecified atom stereocenters. The van der Waals surface area contributed by atoms with Crippen molar-refractivity contribution in [1.29, 1.82) is 0 Å². The van der Waals surface area contributed by atoms with Crippen LogP contribution >= 0.6 is 0 Å². The SMILES string of the molecule is c1ccc(-c2ccc(N(c3ccc(-c4ccccc4)cc3)c3cccc4c3-c3ccccc3C43c4ccccc4Oc4ccc5ccccc5c43)cc2)cc1. The van der Waals surface area contributed by atoms with Crippen molar-refractivity contribution in [1.82, 2.24) is 0 Å². The van der Waals surface area contributed by atoms with Gasteiger partial charge < -0.3 is 9.64 Å². The minimum Gasteiger partial charge on any atom is -0.457 e. The maximum absolute atomic E-state index is 6.80. The Morgan fingerprint density at radius 3 is 1.60 bits per heavy atom. The molecule has 0 bridgehead atoms. The molecule has 2 nitrogen and oxygen atoms in total. The number of nitrogens with zero attached hydrogens (tertiary/aromatic N) is 1. The van der Waals surface area contributed by atoms with E-state index in [1.807, 2.05) is 0 Å². The van der Waals surface area contributed by atoms with Crippen LogP contribution in [0.2, 0.25) is 0 Å². The van der Waals surface area contributed by atoms with E-state index in [1.165, 1.54) is 60.8 Å². The maximum atomic E-state index is 6.80. The summed E-state index contributed by atoms with van der Waals surface area (Å²) < 4.78 is 6.80. The summed E-state index contributed by atoms with van der Waals surface area (Å²) in [6.07, 6.45) is 0. The predicted molar refractivity (Wildman–Crippen MR) is 227 cm³/mol. The molecule has 1 aliphatic carbocycles. The Bertz CT molecular complexity index is 2800. The lowest BCUT2D eigenvalue weighted by atomic mass is 9.65. The summed E-state index contributed by atoms with van der Waals surface area (Å²) in [5.74, 6) is 1.79. The minimum atomic E-state index is -0.604. The van der Waals surface area contributed by atoms with E-state index in [-0.39, 0.29) is 0 Å². The molecule has 0 fully saturated rings. The Labute approximate surface area is 321 Å². The van der Waals surface area contributed by atoms with Crippen molar-refractivity contribution < 1.29 is 4.74 Å². The number of anilines is 3. The van der Waals surface area contributed by atoms with Crippen molar-refractivity contribution in [2.45, 2.75) is 5.41 Å². The van der Waals surface area contributed by atoms with Gasteiger partial charge in [0.2, 0.25) is 0 Å². The van der Waals surface area contributed by atoms with E-state index in [1.54, 1.807) is 0 Å². The van der Waals surface area contributed by atoms with Gasteiger partial charge in [0.25, 0.3) is 0 Å². The molecule has 1 heterocycles. The van der Waals surface area contributed by atoms with Gasteiger partial charge >= 0.3 is 0 Å². The standard InChI is InChI=1S/C53H35NO/c1-3-14-36(15-4-1)38-26-31-41(32-27-38)54(42-33-28-39(29-34-42)37-16-5-2-6-17-37)48-24-13-23-47-51(48)44-20-9-10-21-45(44)53(47)46-22-11-12-25-49(46)55-50-35-30-40-18-7-8-19-43(40)52(50)53/h1-35H. The fourth-order valence-electron chi connectivity index (χ4n) is 9.19. The van der Waals surface area contributed by atoms with E-state index in [9.17, 15) is 0 Å². The molecular formula is C53H35NO. The molecule has 0 amide bonds. The van der Waals surface area contributed by atoms with Crippen molar-refractivity contribution in [3.8, 4) is 44.9 Å². The zero-order chi connectivity index (χ0) is 36.3. The van der Waals surface area contributed by atoms with Crippen LogP contribution in [0, 0.1) is 0 Å². The van der Waals surface area contributed by atoms with E-state index in [0.29, 0.717) is 0 Å². The summed E-state index contributed by atoms with van der Waals surface area (Å²) in [4.78, 5) is 2.44. The number of benzene rings is 9. The van der Waals surface area contributed by atoms with Crippen LogP contribution < -0.4 is 9.64 Å². The van der Waals surface area contributed by atoms with Gasteiger partial charge in [0.05, 0.1) is 11.1 Å². The fraction of sp³-hybridized carbons (Fsp3) is 0.0189. The second-order valence-electron chi connectivity index (χ2n) is 14.4. The average molecular weight is 702 g/mol. The molecule has 11 rings (SSSR count). The van der Waals surface area contributed by atoms with E-state index >= 15 is 0 Å². The maximum Gasteiger partial charge on any atom is 0.132 e. The zero-order valence-electron chi connectivity index (χ0n) is 30.1. The van der Waals surface area contributed by atoms with Gasteiger partial charge in [0, 0.05) is 28.1 Å². The number of ether oxygens (including phenoxy) is 1. The molecule has 1 atom stereocenters. The molecule has 0 saturated heterocycles. The van der Waals surface area contributed by atoms with Crippen molar-refractivity contribution >= 4 is 27.8 Å². The second kappa shape index (κ2) is 12.5. The first kappa shape index (κ1) is 31.4. The van der Waals surface area contributed by atoms with Gasteiger partial charge in [-0.25, -0.2) is 0 Å². The van der Waals surface area contributed by atoms with Crippen LogP contribution in [0.4, 0.5) is 17.1 Å². The molecule has 1 spiro atoms. The number of fused-ring (bicyclic) bond motifs is 11. The molecule has 0 N–H and O–H groups in total. The molecule has 2 heteroatoms. The van der Waals surface area contributed by atoms with Crippen LogP contribution in [0.15, 0.2) is 212 Å². The predicted octanol–water partition coefficient (Wildman–Crippen LogP) is 14.1. The summed E-state index contributed by atoms with van der Waals surface area (Å²) in [6, 6.07) is 76.8. The normalized spacial score (nSPS) is 14.8. The molecule has 1 aliphatic heterocycles. The molecule has 258 valence electrons. The molecule has 2 aliphatic rings. The smallest absolute Gasteiger partial charge is 0.132 e. The molecule has 9 aromatic carbocycles. The lowest BCUT2D eigenvalue weighted by molar-refractivity contribution is 0.438. The summed E-state index contributed by atoms with van der Waals surface area (Å²) in [5, 5.41) is 2.40. The Morgan fingerprint density at radius 2 is 0.909 bits per heavy atom. The lowest BCUT2D eigenvalue weighted by Crippen LogP contribution is -2.32. The largest absolute Gasteiger partial charge is 0.457 e. The summed E-state index contributed by atoms with van der Waals surface area (Å²) in [5.41, 5.74) is 14.8. The van der Waals surface area contributed by atoms with Gasteiger partial charge in [-0.2, -0.15) is 0 Å². The van der Waals surface area contributed by atoms with Crippen LogP contribution in [-0.4, -0.2) is 0 Å². The third kappa shape index (κ3) is 4.75. The Hall–Kier alpha value is -7.16. The van der Waals surface area contributed by atoms with Crippen LogP contribution in [0.1, 0.15) is 22.3 Å². The topological polar surface area (TPSA) is 12.5 Å². The fourth-order valence-corrected chi connectivity index (χ4v) is 9.19. The molecule has 55 heavy (non-hydrogen) atoms. The number of hydrogen-bond acceptors (Lipinski definition) is 2. The van der Waals surface area contributed by atoms with Crippen molar-refractivity contribution in [3.63, 3.8) is 0 Å². The summed E-state index contributed by atoms with van der Waals surface area (Å²) >= 11 is 0. The van der Waals surface area contributed by atoms with Crippen LogP contribution in [-0.2, 0) is 5.41 Å². The Morgan fingerprint density at radius 1 is 0.364 bits per heavy atom. The van der Waals surface area contributed by atoms with Gasteiger partial charge in [0.1, 0.15) is 11.5 Å². The van der Waals surface area contributed by atoms with E-state index in [2.05, 4.69) is 217 Å². The van der Waals surface area contributed by atoms with Crippen molar-refractivity contribution in [2.75, 3.05) is 4.90 Å². The highest BCUT2D eigenvalue weighted by Crippen LogP contribution is 2.65. The number of para-hydroxylation sites is 1. The molecule has 9 aromatic rings. The van der Waals surface area contributed by atoms with E-state index in [0.717, 1.165) is 34.1 Å². The van der Waals surface area contributed by atoms with Gasteiger partial charge in [0.15, 0.2) is 0 Å². The highest BCUT2D eigenvalue weighted by molar-refractivity contribution is 6.02. The molecule has 0 saturated carbocycles. The van der Waals surface area contributed by atoms with Crippen LogP contribution in [0.3, 0.4) is 0 Å². The van der Waals surface area contributed by atoms with Crippen LogP contribution in [0.25, 0.3) is 44.2 Å². The van der Waals surface area contributed by atoms with Gasteiger partial charge in [-0.15, -0.1) is 0 Å². The summed E-state index contributed by atoms with van der Waals surface area (Å²) in [6.45, 7) is 0. The zero-order valence-corrected chi connectivity index (χ0v) is 30.1. The number of hydrogen-bond donors (Lipinski definition) is 0. The van der Waals surface area contributed by atoms with E-state index < -0.39 is 5.41 Å².